The number of hydrogen-bond donors (Lipinski definition) is 1. The molecule has 7 aromatic carbocycles. The number of benzene rings is 7. The van der Waals surface area contributed by atoms with E-state index in [9.17, 15) is 0 Å². The van der Waals surface area contributed by atoms with Gasteiger partial charge in [-0.1, -0.05) is 103 Å². The molecule has 0 bridgehead atoms. The molecule has 3 heteroatoms. The minimum Gasteiger partial charge on any atom is -0.308 e. The zero-order valence-electron chi connectivity index (χ0n) is 22.3. The van der Waals surface area contributed by atoms with Gasteiger partial charge in [0.25, 0.3) is 0 Å². The molecule has 0 atom stereocenters. The summed E-state index contributed by atoms with van der Waals surface area (Å²) < 4.78 is 0. The lowest BCUT2D eigenvalue weighted by Crippen LogP contribution is -2.24. The third-order valence-corrected chi connectivity index (χ3v) is 11.0. The normalized spacial score (nSPS) is 14.1. The first-order valence-electron chi connectivity index (χ1n) is 14.1. The van der Waals surface area contributed by atoms with Crippen molar-refractivity contribution in [3.8, 4) is 0 Å². The van der Waals surface area contributed by atoms with Gasteiger partial charge in [0.05, 0.1) is 22.7 Å². The van der Waals surface area contributed by atoms with Gasteiger partial charge in [-0.25, -0.2) is 0 Å². The van der Waals surface area contributed by atoms with Gasteiger partial charge in [-0.15, -0.1) is 0 Å². The largest absolute Gasteiger partial charge is 0.308 e. The Labute approximate surface area is 242 Å². The maximum atomic E-state index is 2.50. The molecule has 0 radical (unpaired) electrons. The molecule has 0 unspecified atom stereocenters. The second-order valence-electron chi connectivity index (χ2n) is 10.6. The molecule has 0 saturated carbocycles. The van der Waals surface area contributed by atoms with E-state index in [0.29, 0.717) is 0 Å². The van der Waals surface area contributed by atoms with Crippen molar-refractivity contribution in [1.29, 1.82) is 0 Å². The fraction of sp³-hybridized carbons (Fsp3) is 0. The van der Waals surface area contributed by atoms with Crippen molar-refractivity contribution in [2.45, 2.75) is 14.7 Å². The van der Waals surface area contributed by atoms with Gasteiger partial charge in [0, 0.05) is 36.8 Å². The SMILES string of the molecule is c1ccc(N2c3cccc4c3[SH](c3ccc5ccccc5c32)c2ccc3ccccc3c2N4c2ccccc2)cc1. The van der Waals surface area contributed by atoms with E-state index in [4.69, 9.17) is 0 Å². The molecule has 0 N–H and O–H groups in total. The maximum absolute atomic E-state index is 2.50. The molecule has 0 saturated heterocycles. The number of para-hydroxylation sites is 2. The van der Waals surface area contributed by atoms with Crippen molar-refractivity contribution >= 4 is 66.6 Å². The zero-order chi connectivity index (χ0) is 26.9. The van der Waals surface area contributed by atoms with Gasteiger partial charge in [0.1, 0.15) is 0 Å². The van der Waals surface area contributed by atoms with Crippen LogP contribution in [0.2, 0.25) is 0 Å². The first-order chi connectivity index (χ1) is 20.4. The van der Waals surface area contributed by atoms with Gasteiger partial charge in [-0.3, -0.25) is 0 Å². The van der Waals surface area contributed by atoms with Crippen molar-refractivity contribution in [3.05, 3.63) is 152 Å². The highest BCUT2D eigenvalue weighted by Gasteiger charge is 2.40. The van der Waals surface area contributed by atoms with E-state index in [0.717, 1.165) is 0 Å². The fourth-order valence-electron chi connectivity index (χ4n) is 6.73. The summed E-state index contributed by atoms with van der Waals surface area (Å²) in [6, 6.07) is 55.7. The Hall–Kier alpha value is -4.99. The van der Waals surface area contributed by atoms with E-state index in [1.54, 1.807) is 0 Å². The highest BCUT2D eigenvalue weighted by molar-refractivity contribution is 8.17. The van der Waals surface area contributed by atoms with Crippen LogP contribution >= 0.6 is 10.9 Å². The van der Waals surface area contributed by atoms with Gasteiger partial charge in [0.15, 0.2) is 0 Å². The van der Waals surface area contributed by atoms with Crippen molar-refractivity contribution < 1.29 is 0 Å². The van der Waals surface area contributed by atoms with Crippen LogP contribution in [0.3, 0.4) is 0 Å². The molecule has 41 heavy (non-hydrogen) atoms. The average Bonchev–Trinajstić information content (AvgIpc) is 3.05. The predicted octanol–water partition coefficient (Wildman–Crippen LogP) is 11.0. The van der Waals surface area contributed by atoms with Crippen molar-refractivity contribution in [3.63, 3.8) is 0 Å². The summed E-state index contributed by atoms with van der Waals surface area (Å²) in [4.78, 5) is 9.24. The summed E-state index contributed by atoms with van der Waals surface area (Å²) in [6.07, 6.45) is 0. The maximum Gasteiger partial charge on any atom is 0.0665 e. The first kappa shape index (κ1) is 22.8. The van der Waals surface area contributed by atoms with Crippen LogP contribution in [0.25, 0.3) is 21.5 Å². The number of hydrogen-bond acceptors (Lipinski definition) is 2. The molecule has 2 aliphatic rings. The Balaban J connectivity index is 1.45. The van der Waals surface area contributed by atoms with Crippen LogP contribution in [0, 0.1) is 0 Å². The Bertz CT molecular complexity index is 1970. The zero-order valence-corrected chi connectivity index (χ0v) is 23.2. The number of anilines is 6. The van der Waals surface area contributed by atoms with E-state index >= 15 is 0 Å². The van der Waals surface area contributed by atoms with Gasteiger partial charge >= 0.3 is 0 Å². The third-order valence-electron chi connectivity index (χ3n) is 8.42. The molecule has 2 heterocycles. The van der Waals surface area contributed by atoms with Crippen molar-refractivity contribution in [1.82, 2.24) is 0 Å². The Morgan fingerprint density at radius 3 is 1.29 bits per heavy atom. The summed E-state index contributed by atoms with van der Waals surface area (Å²) in [5.74, 6) is 0. The quantitative estimate of drug-likeness (QED) is 0.217. The monoisotopic (exact) mass is 542 g/mol. The van der Waals surface area contributed by atoms with E-state index in [2.05, 4.69) is 161 Å². The molecular weight excluding hydrogens is 516 g/mol. The Morgan fingerprint density at radius 2 is 0.805 bits per heavy atom. The van der Waals surface area contributed by atoms with Crippen molar-refractivity contribution in [2.24, 2.45) is 0 Å². The highest BCUT2D eigenvalue weighted by Crippen LogP contribution is 2.72. The van der Waals surface area contributed by atoms with Crippen molar-refractivity contribution in [2.75, 3.05) is 9.80 Å². The molecule has 9 rings (SSSR count). The van der Waals surface area contributed by atoms with E-state index < -0.39 is 10.9 Å². The van der Waals surface area contributed by atoms with Crippen LogP contribution in [0.5, 0.6) is 0 Å². The molecule has 0 fully saturated rings. The summed E-state index contributed by atoms with van der Waals surface area (Å²) in [5.41, 5.74) is 7.51. The van der Waals surface area contributed by atoms with Gasteiger partial charge in [0.2, 0.25) is 0 Å². The molecule has 7 aromatic rings. The standard InChI is InChI=1S/C38H26N2S/c1-3-14-28(15-4-1)39-32-20-11-21-33-38(32)41(34-24-22-26-12-7-9-18-30(26)36(34)39)35-25-23-27-13-8-10-19-31(27)37(35)40(33)29-16-5-2-6-17-29/h1-25,41H. The number of fused-ring (bicyclic) bond motifs is 8. The molecule has 194 valence electrons. The molecule has 0 aromatic heterocycles. The average molecular weight is 543 g/mol. The van der Waals surface area contributed by atoms with E-state index in [-0.39, 0.29) is 0 Å². The van der Waals surface area contributed by atoms with Gasteiger partial charge in [-0.2, -0.15) is 10.9 Å². The summed E-state index contributed by atoms with van der Waals surface area (Å²) in [7, 11) is -0.815. The van der Waals surface area contributed by atoms with Crippen LogP contribution in [0.4, 0.5) is 34.1 Å². The lowest BCUT2D eigenvalue weighted by atomic mass is 10.0. The topological polar surface area (TPSA) is 6.48 Å². The molecule has 0 aliphatic carbocycles. The highest BCUT2D eigenvalue weighted by atomic mass is 32.2. The molecule has 2 nitrogen and oxygen atoms in total. The Morgan fingerprint density at radius 1 is 0.366 bits per heavy atom. The molecule has 0 spiro atoms. The Kier molecular flexibility index (Phi) is 4.87. The molecular formula is C38H26N2S. The summed E-state index contributed by atoms with van der Waals surface area (Å²) >= 11 is 0. The number of nitrogens with zero attached hydrogens (tertiary/aromatic N) is 2. The predicted molar refractivity (Wildman–Crippen MR) is 175 cm³/mol. The van der Waals surface area contributed by atoms with Crippen LogP contribution < -0.4 is 9.80 Å². The summed E-state index contributed by atoms with van der Waals surface area (Å²) in [5, 5.41) is 5.12. The number of rotatable bonds is 2. The second kappa shape index (κ2) is 8.76. The second-order valence-corrected chi connectivity index (χ2v) is 12.7. The smallest absolute Gasteiger partial charge is 0.0665 e. The molecule has 0 amide bonds. The lowest BCUT2D eigenvalue weighted by molar-refractivity contribution is 1.10. The summed E-state index contributed by atoms with van der Waals surface area (Å²) in [6.45, 7) is 0. The van der Waals surface area contributed by atoms with Crippen LogP contribution in [-0.4, -0.2) is 0 Å². The van der Waals surface area contributed by atoms with E-state index in [1.807, 2.05) is 0 Å². The van der Waals surface area contributed by atoms with Crippen LogP contribution in [-0.2, 0) is 0 Å². The van der Waals surface area contributed by atoms with Gasteiger partial charge < -0.3 is 9.80 Å². The minimum absolute atomic E-state index is 0.815. The lowest BCUT2D eigenvalue weighted by Gasteiger charge is -2.47. The van der Waals surface area contributed by atoms with Gasteiger partial charge in [-0.05, 0) is 59.3 Å². The third kappa shape index (κ3) is 3.21. The van der Waals surface area contributed by atoms with Crippen LogP contribution in [0.15, 0.2) is 166 Å². The first-order valence-corrected chi connectivity index (χ1v) is 15.4. The van der Waals surface area contributed by atoms with Crippen LogP contribution in [0.1, 0.15) is 0 Å². The molecule has 2 aliphatic heterocycles. The number of thiol groups is 1. The van der Waals surface area contributed by atoms with E-state index in [1.165, 1.54) is 70.4 Å². The minimum atomic E-state index is -0.815. The fourth-order valence-corrected chi connectivity index (χ4v) is 9.59.